The number of aromatic nitrogens is 1. The van der Waals surface area contributed by atoms with E-state index in [1.807, 2.05) is 5.38 Å². The van der Waals surface area contributed by atoms with Crippen molar-refractivity contribution in [2.24, 2.45) is 0 Å². The zero-order chi connectivity index (χ0) is 10.8. The monoisotopic (exact) mass is 223 g/mol. The summed E-state index contributed by atoms with van der Waals surface area (Å²) in [5.41, 5.74) is 2.27. The zero-order valence-corrected chi connectivity index (χ0v) is 9.01. The van der Waals surface area contributed by atoms with Gasteiger partial charge in [-0.1, -0.05) is 0 Å². The van der Waals surface area contributed by atoms with E-state index < -0.39 is 0 Å². The Labute approximate surface area is 91.0 Å². The molecule has 2 nitrogen and oxygen atoms in total. The topological polar surface area (TPSA) is 33.1 Å². The van der Waals surface area contributed by atoms with Crippen LogP contribution in [0.25, 0.3) is 11.3 Å². The number of aryl methyl sites for hydroxylation is 1. The van der Waals surface area contributed by atoms with Crippen molar-refractivity contribution in [2.75, 3.05) is 0 Å². The number of thiazole rings is 1. The highest BCUT2D eigenvalue weighted by Crippen LogP contribution is 2.23. The average Bonchev–Trinajstić information content (AvgIpc) is 2.70. The van der Waals surface area contributed by atoms with Crippen molar-refractivity contribution < 1.29 is 9.50 Å². The van der Waals surface area contributed by atoms with Gasteiger partial charge in [0.1, 0.15) is 10.8 Å². The van der Waals surface area contributed by atoms with Gasteiger partial charge in [-0.2, -0.15) is 0 Å². The number of aliphatic hydroxyl groups excluding tert-OH is 1. The zero-order valence-electron chi connectivity index (χ0n) is 8.20. The standard InChI is InChI=1S/C11H10FNOS/c1-7-4-8(2-3-9(7)12)10-6-15-11(5-14)13-10/h2-4,6,14H,5H2,1H3. The van der Waals surface area contributed by atoms with Crippen LogP contribution < -0.4 is 0 Å². The molecule has 0 fully saturated rings. The van der Waals surface area contributed by atoms with E-state index in [0.29, 0.717) is 10.6 Å². The van der Waals surface area contributed by atoms with Crippen molar-refractivity contribution in [3.05, 3.63) is 40.0 Å². The SMILES string of the molecule is Cc1cc(-c2csc(CO)n2)ccc1F. The summed E-state index contributed by atoms with van der Waals surface area (Å²) >= 11 is 1.40. The number of rotatable bonds is 2. The lowest BCUT2D eigenvalue weighted by Gasteiger charge is -1.99. The summed E-state index contributed by atoms with van der Waals surface area (Å²) < 4.78 is 13.0. The molecule has 15 heavy (non-hydrogen) atoms. The predicted molar refractivity (Wildman–Crippen MR) is 58.2 cm³/mol. The van der Waals surface area contributed by atoms with Gasteiger partial charge in [0.25, 0.3) is 0 Å². The van der Waals surface area contributed by atoms with E-state index in [4.69, 9.17) is 5.11 Å². The van der Waals surface area contributed by atoms with Crippen LogP contribution in [0.15, 0.2) is 23.6 Å². The first-order valence-corrected chi connectivity index (χ1v) is 5.40. The fraction of sp³-hybridized carbons (Fsp3) is 0.182. The number of hydrogen-bond donors (Lipinski definition) is 1. The number of hydrogen-bond acceptors (Lipinski definition) is 3. The number of halogens is 1. The average molecular weight is 223 g/mol. The fourth-order valence-electron chi connectivity index (χ4n) is 1.32. The molecule has 0 spiro atoms. The van der Waals surface area contributed by atoms with E-state index >= 15 is 0 Å². The fourth-order valence-corrected chi connectivity index (χ4v) is 1.98. The van der Waals surface area contributed by atoms with Gasteiger partial charge < -0.3 is 5.11 Å². The third-order valence-electron chi connectivity index (χ3n) is 2.14. The molecule has 2 aromatic rings. The van der Waals surface area contributed by atoms with Crippen molar-refractivity contribution in [1.82, 2.24) is 4.98 Å². The first kappa shape index (κ1) is 10.3. The Kier molecular flexibility index (Phi) is 2.79. The summed E-state index contributed by atoms with van der Waals surface area (Å²) in [6.07, 6.45) is 0. The molecule has 0 bridgehead atoms. The molecular formula is C11H10FNOS. The van der Waals surface area contributed by atoms with Crippen LogP contribution in [-0.4, -0.2) is 10.1 Å². The maximum atomic E-state index is 13.0. The third kappa shape index (κ3) is 2.06. The minimum absolute atomic E-state index is 0.0508. The second-order valence-electron chi connectivity index (χ2n) is 3.25. The lowest BCUT2D eigenvalue weighted by Crippen LogP contribution is -1.85. The van der Waals surface area contributed by atoms with E-state index in [1.54, 1.807) is 19.1 Å². The van der Waals surface area contributed by atoms with E-state index in [0.717, 1.165) is 11.3 Å². The minimum atomic E-state index is -0.212. The van der Waals surface area contributed by atoms with E-state index in [9.17, 15) is 4.39 Å². The van der Waals surface area contributed by atoms with Crippen molar-refractivity contribution in [3.8, 4) is 11.3 Å². The van der Waals surface area contributed by atoms with Crippen LogP contribution in [0.5, 0.6) is 0 Å². The van der Waals surface area contributed by atoms with E-state index in [1.165, 1.54) is 17.4 Å². The highest BCUT2D eigenvalue weighted by atomic mass is 32.1. The third-order valence-corrected chi connectivity index (χ3v) is 2.97. The van der Waals surface area contributed by atoms with Gasteiger partial charge in [-0.3, -0.25) is 0 Å². The quantitative estimate of drug-likeness (QED) is 0.849. The number of nitrogens with zero attached hydrogens (tertiary/aromatic N) is 1. The maximum Gasteiger partial charge on any atom is 0.126 e. The second-order valence-corrected chi connectivity index (χ2v) is 4.19. The molecule has 4 heteroatoms. The van der Waals surface area contributed by atoms with Gasteiger partial charge in [-0.15, -0.1) is 11.3 Å². The molecule has 0 saturated heterocycles. The van der Waals surface area contributed by atoms with Gasteiger partial charge in [0.2, 0.25) is 0 Å². The van der Waals surface area contributed by atoms with Crippen LogP contribution in [0.1, 0.15) is 10.6 Å². The number of aliphatic hydroxyl groups is 1. The highest BCUT2D eigenvalue weighted by Gasteiger charge is 2.05. The Morgan fingerprint density at radius 3 is 2.87 bits per heavy atom. The number of benzene rings is 1. The molecule has 0 aliphatic rings. The van der Waals surface area contributed by atoms with Crippen LogP contribution in [-0.2, 0) is 6.61 Å². The molecular weight excluding hydrogens is 213 g/mol. The first-order chi connectivity index (χ1) is 7.20. The summed E-state index contributed by atoms with van der Waals surface area (Å²) in [6, 6.07) is 4.88. The van der Waals surface area contributed by atoms with Crippen LogP contribution in [0.4, 0.5) is 4.39 Å². The maximum absolute atomic E-state index is 13.0. The normalized spacial score (nSPS) is 10.6. The van der Waals surface area contributed by atoms with Crippen molar-refractivity contribution in [1.29, 1.82) is 0 Å². The molecule has 0 amide bonds. The molecule has 0 aliphatic carbocycles. The van der Waals surface area contributed by atoms with Gasteiger partial charge in [0, 0.05) is 10.9 Å². The molecule has 78 valence electrons. The van der Waals surface area contributed by atoms with Gasteiger partial charge in [0.05, 0.1) is 12.3 Å². The summed E-state index contributed by atoms with van der Waals surface area (Å²) in [7, 11) is 0. The molecule has 0 radical (unpaired) electrons. The highest BCUT2D eigenvalue weighted by molar-refractivity contribution is 7.09. The Morgan fingerprint density at radius 1 is 1.47 bits per heavy atom. The Morgan fingerprint density at radius 2 is 2.27 bits per heavy atom. The molecule has 1 aromatic heterocycles. The van der Waals surface area contributed by atoms with E-state index in [2.05, 4.69) is 4.98 Å². The summed E-state index contributed by atoms with van der Waals surface area (Å²) in [5, 5.41) is 11.4. The lowest BCUT2D eigenvalue weighted by molar-refractivity contribution is 0.281. The largest absolute Gasteiger partial charge is 0.389 e. The van der Waals surface area contributed by atoms with Gasteiger partial charge in [0.15, 0.2) is 0 Å². The molecule has 1 aromatic carbocycles. The Bertz CT molecular complexity index is 481. The summed E-state index contributed by atoms with van der Waals surface area (Å²) in [4.78, 5) is 4.22. The molecule has 2 rings (SSSR count). The molecule has 0 unspecified atom stereocenters. The smallest absolute Gasteiger partial charge is 0.126 e. The van der Waals surface area contributed by atoms with E-state index in [-0.39, 0.29) is 12.4 Å². The second kappa shape index (κ2) is 4.08. The van der Waals surface area contributed by atoms with Gasteiger partial charge in [-0.25, -0.2) is 9.37 Å². The minimum Gasteiger partial charge on any atom is -0.389 e. The van der Waals surface area contributed by atoms with Gasteiger partial charge >= 0.3 is 0 Å². The lowest BCUT2D eigenvalue weighted by atomic mass is 10.1. The van der Waals surface area contributed by atoms with Crippen molar-refractivity contribution in [2.45, 2.75) is 13.5 Å². The molecule has 0 atom stereocenters. The predicted octanol–water partition coefficient (Wildman–Crippen LogP) is 2.75. The van der Waals surface area contributed by atoms with Gasteiger partial charge in [-0.05, 0) is 30.7 Å². The molecule has 1 heterocycles. The van der Waals surface area contributed by atoms with Crippen LogP contribution in [0, 0.1) is 12.7 Å². The Balaban J connectivity index is 2.40. The van der Waals surface area contributed by atoms with Crippen LogP contribution in [0.2, 0.25) is 0 Å². The molecule has 0 aliphatic heterocycles. The molecule has 1 N–H and O–H groups in total. The Hall–Kier alpha value is -1.26. The first-order valence-electron chi connectivity index (χ1n) is 4.52. The van der Waals surface area contributed by atoms with Crippen molar-refractivity contribution in [3.63, 3.8) is 0 Å². The summed E-state index contributed by atoms with van der Waals surface area (Å²) in [6.45, 7) is 1.67. The van der Waals surface area contributed by atoms with Crippen LogP contribution in [0.3, 0.4) is 0 Å². The van der Waals surface area contributed by atoms with Crippen LogP contribution >= 0.6 is 11.3 Å². The molecule has 0 saturated carbocycles. The summed E-state index contributed by atoms with van der Waals surface area (Å²) in [5.74, 6) is -0.212. The van der Waals surface area contributed by atoms with Crippen molar-refractivity contribution >= 4 is 11.3 Å².